The average molecular weight is 1570 g/mol. The van der Waals surface area contributed by atoms with Gasteiger partial charge in [-0.2, -0.15) is 52.7 Å². The third-order valence-corrected chi connectivity index (χ3v) is 21.2. The standard InChI is InChI=1S/C14H26.C12H25F.C11H20.C7H12F2.2C6H11F3.C6H13F.C5H9F3.2C5H12.C4H7F3.C4H10.C3H8.C2H6/c1-12-4-6-14(7-5-12)10-8-13(2,3)9-11-14;1-6-10(7-2)12(5,13)11(8-3)9-4;1-10-4-8-11(9-5-10)6-2-3-7-11;1-6-2-4-7(8,9)5-3-6;2*1-3-5(2)4-6(7,8)9;1-4-6(3,7)5-2;1-3-4(2)5(6,7)8;1-5(2,3)4;1-4-5(2)3;1-3(2)4(5,6)7;1-4(2)3;1-3-2;1-2/h12H,4-11H2,1-3H3;10-11H,6-9H2,1-5H3;10H,2-9H2,1H3;6H,2-5H2,1H3;2*5H,3-4H2,1-2H3;4-5H2,1-3H3;4H,3H2,1-2H3;1-4H3;5H,4H2,1-3H3;3H,1-2H3;4H,1-3H3;3H2,1-2H3;1-2H3. The minimum atomic E-state index is -4.00. The summed E-state index contributed by atoms with van der Waals surface area (Å²) < 4.78 is 189. The molecule has 0 bridgehead atoms. The van der Waals surface area contributed by atoms with E-state index < -0.39 is 66.6 Å². The Labute approximate surface area is 650 Å². The predicted octanol–water partition coefficient (Wildman–Crippen LogP) is 37.5. The summed E-state index contributed by atoms with van der Waals surface area (Å²) in [5.74, 6) is -0.414. The first-order chi connectivity index (χ1) is 47.8. The SMILES string of the molecule is CC.CC(C)(C)C.CC(C)C.CC(C)C(F)(F)F.CC1CCC(F)(F)CC1.CC1CCC2(CC1)CCC(C)(C)CC2.CC1CCC2(CCCC2)CC1.CCC.CCC(C)(F)CC.CCC(C)C.CCC(C)C(F)(F)F.CCC(C)CC(F)(F)F.CCC(C)CC(F)(F)F.CCC(CC)C(C)(F)C(CC)CC. The first kappa shape index (κ1) is 123. The van der Waals surface area contributed by atoms with Gasteiger partial charge in [0.05, 0.1) is 5.92 Å². The van der Waals surface area contributed by atoms with Crippen LogP contribution in [0.3, 0.4) is 0 Å². The smallest absolute Gasteiger partial charge is 0.244 e. The van der Waals surface area contributed by atoms with E-state index in [1.165, 1.54) is 104 Å². The van der Waals surface area contributed by atoms with Crippen molar-refractivity contribution in [2.75, 3.05) is 0 Å². The van der Waals surface area contributed by atoms with Gasteiger partial charge in [0.25, 0.3) is 0 Å². The molecule has 0 aromatic carbocycles. The van der Waals surface area contributed by atoms with E-state index in [-0.39, 0.29) is 42.9 Å². The maximum absolute atomic E-state index is 14.4. The van der Waals surface area contributed by atoms with E-state index in [4.69, 9.17) is 0 Å². The molecule has 0 aromatic rings. The molecular formula is C90H182F16. The van der Waals surface area contributed by atoms with Crippen molar-refractivity contribution in [2.24, 2.45) is 86.8 Å². The molecule has 0 aliphatic heterocycles. The van der Waals surface area contributed by atoms with Gasteiger partial charge in [0, 0.05) is 31.6 Å². The van der Waals surface area contributed by atoms with E-state index in [1.807, 2.05) is 34.6 Å². The molecule has 0 N–H and O–H groups in total. The lowest BCUT2D eigenvalue weighted by Gasteiger charge is -2.47. The van der Waals surface area contributed by atoms with Crippen LogP contribution in [0.5, 0.6) is 0 Å². The normalized spacial score (nSPS) is 18.6. The van der Waals surface area contributed by atoms with E-state index in [2.05, 4.69) is 138 Å². The Morgan fingerprint density at radius 2 is 0.594 bits per heavy atom. The van der Waals surface area contributed by atoms with Crippen molar-refractivity contribution >= 4 is 0 Å². The van der Waals surface area contributed by atoms with Gasteiger partial charge in [0.15, 0.2) is 0 Å². The lowest BCUT2D eigenvalue weighted by molar-refractivity contribution is -0.170. The van der Waals surface area contributed by atoms with Crippen LogP contribution in [0.25, 0.3) is 0 Å². The molecule has 3 unspecified atom stereocenters. The monoisotopic (exact) mass is 1570 g/mol. The minimum absolute atomic E-state index is 0.105. The summed E-state index contributed by atoms with van der Waals surface area (Å²) in [6.07, 6.45) is 17.7. The Morgan fingerprint density at radius 1 is 0.358 bits per heavy atom. The zero-order valence-electron chi connectivity index (χ0n) is 76.2. The Bertz CT molecular complexity index is 1740. The van der Waals surface area contributed by atoms with Crippen LogP contribution in [-0.2, 0) is 0 Å². The van der Waals surface area contributed by atoms with Gasteiger partial charge in [-0.3, -0.25) is 0 Å². The molecule has 0 radical (unpaired) electrons. The molecule has 5 rings (SSSR count). The maximum Gasteiger partial charge on any atom is 0.391 e. The molecule has 2 spiro atoms. The highest BCUT2D eigenvalue weighted by Gasteiger charge is 2.42. The third-order valence-electron chi connectivity index (χ3n) is 21.2. The van der Waals surface area contributed by atoms with E-state index >= 15 is 0 Å². The van der Waals surface area contributed by atoms with Crippen LogP contribution in [0.1, 0.15) is 454 Å². The summed E-state index contributed by atoms with van der Waals surface area (Å²) >= 11 is 0. The van der Waals surface area contributed by atoms with Crippen molar-refractivity contribution < 1.29 is 70.2 Å². The van der Waals surface area contributed by atoms with Gasteiger partial charge in [0.2, 0.25) is 5.92 Å². The van der Waals surface area contributed by atoms with Crippen LogP contribution in [-0.4, -0.2) is 42.0 Å². The van der Waals surface area contributed by atoms with E-state index in [9.17, 15) is 70.2 Å². The second-order valence-corrected chi connectivity index (χ2v) is 36.5. The molecule has 5 aliphatic rings. The highest BCUT2D eigenvalue weighted by atomic mass is 19.4. The van der Waals surface area contributed by atoms with Crippen molar-refractivity contribution in [3.63, 3.8) is 0 Å². The van der Waals surface area contributed by atoms with Crippen molar-refractivity contribution in [3.05, 3.63) is 0 Å². The zero-order valence-corrected chi connectivity index (χ0v) is 76.2. The summed E-state index contributed by atoms with van der Waals surface area (Å²) in [5.41, 5.74) is 0.913. The van der Waals surface area contributed by atoms with Crippen molar-refractivity contribution in [3.8, 4) is 0 Å². The van der Waals surface area contributed by atoms with E-state index in [1.54, 1.807) is 67.2 Å². The highest BCUT2D eigenvalue weighted by Crippen LogP contribution is 2.53. The average Bonchev–Trinajstić information content (AvgIpc) is 0.877. The summed E-state index contributed by atoms with van der Waals surface area (Å²) in [7, 11) is 0. The maximum atomic E-state index is 14.4. The molecule has 16 heteroatoms. The van der Waals surface area contributed by atoms with Crippen LogP contribution >= 0.6 is 0 Å². The Balaban J connectivity index is -0.000000139. The zero-order chi connectivity index (χ0) is 86.2. The quantitative estimate of drug-likeness (QED) is 0.152. The minimum Gasteiger partial charge on any atom is -0.244 e. The van der Waals surface area contributed by atoms with Crippen molar-refractivity contribution in [2.45, 2.75) is 496 Å². The second kappa shape index (κ2) is 64.2. The fraction of sp³-hybridized carbons (Fsp3) is 1.00. The largest absolute Gasteiger partial charge is 0.391 e. The lowest BCUT2D eigenvalue weighted by Crippen LogP contribution is -2.37. The molecule has 0 amide bonds. The number of hydrogen-bond donors (Lipinski definition) is 0. The van der Waals surface area contributed by atoms with Crippen LogP contribution in [0.4, 0.5) is 70.2 Å². The van der Waals surface area contributed by atoms with Crippen LogP contribution in [0.15, 0.2) is 0 Å². The first-order valence-electron chi connectivity index (χ1n) is 42.9. The number of rotatable bonds is 14. The fourth-order valence-corrected chi connectivity index (χ4v) is 11.6. The Morgan fingerprint density at radius 3 is 0.736 bits per heavy atom. The number of alkyl halides is 16. The molecule has 5 saturated carbocycles. The molecule has 0 nitrogen and oxygen atoms in total. The van der Waals surface area contributed by atoms with Crippen LogP contribution in [0.2, 0.25) is 0 Å². The van der Waals surface area contributed by atoms with Gasteiger partial charge in [-0.1, -0.05) is 318 Å². The molecule has 0 heterocycles. The predicted molar refractivity (Wildman–Crippen MR) is 436 cm³/mol. The summed E-state index contributed by atoms with van der Waals surface area (Å²) in [5, 5.41) is 0. The van der Waals surface area contributed by atoms with Gasteiger partial charge in [-0.15, -0.1) is 0 Å². The van der Waals surface area contributed by atoms with Gasteiger partial charge in [-0.05, 0) is 185 Å². The summed E-state index contributed by atoms with van der Waals surface area (Å²) in [6.45, 7) is 69.1. The Kier molecular flexibility index (Phi) is 74.5. The molecule has 3 atom stereocenters. The third kappa shape index (κ3) is 82.3. The van der Waals surface area contributed by atoms with Crippen molar-refractivity contribution in [1.82, 2.24) is 0 Å². The van der Waals surface area contributed by atoms with E-state index in [0.717, 1.165) is 74.0 Å². The molecule has 654 valence electrons. The molecule has 106 heavy (non-hydrogen) atoms. The van der Waals surface area contributed by atoms with Gasteiger partial charge < -0.3 is 0 Å². The molecular weight excluding hydrogens is 1380 g/mol. The second-order valence-electron chi connectivity index (χ2n) is 36.5. The number of halogens is 16. The number of hydrogen-bond acceptors (Lipinski definition) is 0. The van der Waals surface area contributed by atoms with Gasteiger partial charge in [0.1, 0.15) is 11.3 Å². The van der Waals surface area contributed by atoms with Crippen molar-refractivity contribution in [1.29, 1.82) is 0 Å². The molecule has 0 aromatic heterocycles. The fourth-order valence-electron chi connectivity index (χ4n) is 11.6. The Hall–Kier alpha value is -1.12. The molecule has 0 saturated heterocycles. The lowest BCUT2D eigenvalue weighted by atomic mass is 9.59. The summed E-state index contributed by atoms with van der Waals surface area (Å²) in [4.78, 5) is 0. The summed E-state index contributed by atoms with van der Waals surface area (Å²) in [6, 6.07) is 0. The van der Waals surface area contributed by atoms with Crippen LogP contribution < -0.4 is 0 Å². The van der Waals surface area contributed by atoms with Gasteiger partial charge >= 0.3 is 24.7 Å². The first-order valence-corrected chi connectivity index (χ1v) is 42.9. The topological polar surface area (TPSA) is 0 Å². The highest BCUT2D eigenvalue weighted by molar-refractivity contribution is 4.92. The molecule has 5 aliphatic carbocycles. The van der Waals surface area contributed by atoms with Crippen LogP contribution in [0, 0.1) is 86.8 Å². The van der Waals surface area contributed by atoms with Gasteiger partial charge in [-0.25, -0.2) is 17.6 Å². The van der Waals surface area contributed by atoms with E-state index in [0.29, 0.717) is 55.3 Å². The molecule has 5 fully saturated rings.